The number of rotatable bonds is 4. The number of hydrogen-bond acceptors (Lipinski definition) is 6. The molecule has 0 radical (unpaired) electrons. The highest BCUT2D eigenvalue weighted by molar-refractivity contribution is 7.99. The number of nitrogen functional groups attached to an aromatic ring is 1. The molecule has 0 aliphatic rings. The summed E-state index contributed by atoms with van der Waals surface area (Å²) >= 11 is 2.92. The van der Waals surface area contributed by atoms with Crippen molar-refractivity contribution in [2.24, 2.45) is 0 Å². The van der Waals surface area contributed by atoms with Crippen LogP contribution < -0.4 is 5.73 Å². The van der Waals surface area contributed by atoms with Crippen molar-refractivity contribution in [2.75, 3.05) is 24.3 Å². The molecule has 0 saturated carbocycles. The monoisotopic (exact) mass is 217 g/mol. The summed E-state index contributed by atoms with van der Waals surface area (Å²) in [4.78, 5) is 8.23. The van der Waals surface area contributed by atoms with Gasteiger partial charge in [0, 0.05) is 11.8 Å². The van der Waals surface area contributed by atoms with Crippen molar-refractivity contribution in [3.8, 4) is 0 Å². The first-order chi connectivity index (χ1) is 6.26. The topological polar surface area (TPSA) is 72.0 Å². The minimum absolute atomic E-state index is 0.142. The van der Waals surface area contributed by atoms with Gasteiger partial charge in [0.15, 0.2) is 5.16 Å². The summed E-state index contributed by atoms with van der Waals surface area (Å²) in [5.74, 6) is 1.10. The molecule has 0 aliphatic carbocycles. The van der Waals surface area contributed by atoms with E-state index in [0.717, 1.165) is 5.03 Å². The average molecular weight is 217 g/mol. The molecule has 1 heterocycles. The molecule has 4 nitrogen and oxygen atoms in total. The van der Waals surface area contributed by atoms with Crippen LogP contribution in [0.15, 0.2) is 16.2 Å². The van der Waals surface area contributed by atoms with Gasteiger partial charge in [0.25, 0.3) is 0 Å². The number of aromatic nitrogens is 2. The van der Waals surface area contributed by atoms with E-state index in [1.807, 2.05) is 6.26 Å². The molecule has 1 aromatic rings. The molecule has 0 amide bonds. The van der Waals surface area contributed by atoms with Crippen LogP contribution in [0.4, 0.5) is 5.82 Å². The molecule has 0 unspecified atom stereocenters. The fourth-order valence-electron chi connectivity index (χ4n) is 0.736. The van der Waals surface area contributed by atoms with Gasteiger partial charge < -0.3 is 10.8 Å². The zero-order chi connectivity index (χ0) is 9.68. The molecule has 1 rings (SSSR count). The summed E-state index contributed by atoms with van der Waals surface area (Å²) in [6.45, 7) is 0.142. The van der Waals surface area contributed by atoms with Crippen molar-refractivity contribution < 1.29 is 5.11 Å². The molecule has 0 aromatic carbocycles. The third-order valence-electron chi connectivity index (χ3n) is 1.23. The van der Waals surface area contributed by atoms with E-state index < -0.39 is 0 Å². The Morgan fingerprint density at radius 3 is 2.92 bits per heavy atom. The van der Waals surface area contributed by atoms with Gasteiger partial charge in [-0.15, -0.1) is 11.8 Å². The largest absolute Gasteiger partial charge is 0.396 e. The molecule has 0 aliphatic heterocycles. The van der Waals surface area contributed by atoms with Crippen molar-refractivity contribution in [3.05, 3.63) is 6.07 Å². The number of aliphatic hydroxyl groups excluding tert-OH is 1. The van der Waals surface area contributed by atoms with Crippen LogP contribution in [0.1, 0.15) is 0 Å². The Morgan fingerprint density at radius 1 is 1.54 bits per heavy atom. The van der Waals surface area contributed by atoms with Crippen LogP contribution in [0, 0.1) is 0 Å². The molecule has 72 valence electrons. The number of hydrogen-bond donors (Lipinski definition) is 2. The standard InChI is InChI=1S/C7H11N3OS2/c1-12-7-9-5(8)4-6(10-7)13-3-2-11/h4,11H,2-3H2,1H3,(H2,8,9,10). The van der Waals surface area contributed by atoms with Crippen LogP contribution in [0.2, 0.25) is 0 Å². The Labute approximate surface area is 85.3 Å². The van der Waals surface area contributed by atoms with Gasteiger partial charge in [0.1, 0.15) is 10.8 Å². The summed E-state index contributed by atoms with van der Waals surface area (Å²) in [6.07, 6.45) is 1.90. The molecule has 3 N–H and O–H groups in total. The fourth-order valence-corrected chi connectivity index (χ4v) is 1.84. The maximum absolute atomic E-state index is 8.62. The minimum Gasteiger partial charge on any atom is -0.396 e. The van der Waals surface area contributed by atoms with Crippen LogP contribution in [-0.4, -0.2) is 33.7 Å². The van der Waals surface area contributed by atoms with Gasteiger partial charge in [0.05, 0.1) is 6.61 Å². The summed E-state index contributed by atoms with van der Waals surface area (Å²) in [5, 5.41) is 10.1. The molecule has 1 aromatic heterocycles. The van der Waals surface area contributed by atoms with E-state index in [1.54, 1.807) is 6.07 Å². The zero-order valence-corrected chi connectivity index (χ0v) is 8.86. The third-order valence-corrected chi connectivity index (χ3v) is 2.67. The van der Waals surface area contributed by atoms with E-state index in [0.29, 0.717) is 16.7 Å². The van der Waals surface area contributed by atoms with Gasteiger partial charge in [-0.25, -0.2) is 9.97 Å². The predicted octanol–water partition coefficient (Wildman–Crippen LogP) is 0.865. The smallest absolute Gasteiger partial charge is 0.190 e. The maximum Gasteiger partial charge on any atom is 0.190 e. The second kappa shape index (κ2) is 5.31. The Kier molecular flexibility index (Phi) is 4.34. The van der Waals surface area contributed by atoms with Gasteiger partial charge in [-0.2, -0.15) is 0 Å². The van der Waals surface area contributed by atoms with Gasteiger partial charge in [-0.1, -0.05) is 11.8 Å². The highest BCUT2D eigenvalue weighted by Gasteiger charge is 2.01. The highest BCUT2D eigenvalue weighted by Crippen LogP contribution is 2.19. The lowest BCUT2D eigenvalue weighted by atomic mass is 10.6. The lowest BCUT2D eigenvalue weighted by Gasteiger charge is -2.02. The molecule has 0 fully saturated rings. The number of nitrogens with zero attached hydrogens (tertiary/aromatic N) is 2. The Balaban J connectivity index is 2.76. The Bertz CT molecular complexity index is 282. The van der Waals surface area contributed by atoms with Gasteiger partial charge in [0.2, 0.25) is 0 Å². The summed E-state index contributed by atoms with van der Waals surface area (Å²) in [6, 6.07) is 1.71. The first-order valence-corrected chi connectivity index (χ1v) is 5.89. The first kappa shape index (κ1) is 10.6. The first-order valence-electron chi connectivity index (χ1n) is 3.68. The van der Waals surface area contributed by atoms with Gasteiger partial charge in [-0.05, 0) is 6.26 Å². The highest BCUT2D eigenvalue weighted by atomic mass is 32.2. The number of thioether (sulfide) groups is 2. The molecule has 0 atom stereocenters. The molecular formula is C7H11N3OS2. The summed E-state index contributed by atoms with van der Waals surface area (Å²) in [7, 11) is 0. The Morgan fingerprint density at radius 2 is 2.31 bits per heavy atom. The van der Waals surface area contributed by atoms with Gasteiger partial charge in [-0.3, -0.25) is 0 Å². The molecule has 13 heavy (non-hydrogen) atoms. The van der Waals surface area contributed by atoms with Crippen molar-refractivity contribution >= 4 is 29.3 Å². The molecular weight excluding hydrogens is 206 g/mol. The van der Waals surface area contributed by atoms with E-state index in [1.165, 1.54) is 23.5 Å². The average Bonchev–Trinajstić information content (AvgIpc) is 2.14. The van der Waals surface area contributed by atoms with Crippen LogP contribution >= 0.6 is 23.5 Å². The SMILES string of the molecule is CSc1nc(N)cc(SCCO)n1. The number of aliphatic hydroxyl groups is 1. The third kappa shape index (κ3) is 3.41. The second-order valence-corrected chi connectivity index (χ2v) is 4.08. The quantitative estimate of drug-likeness (QED) is 0.443. The van der Waals surface area contributed by atoms with Crippen molar-refractivity contribution in [3.63, 3.8) is 0 Å². The van der Waals surface area contributed by atoms with Crippen LogP contribution in [-0.2, 0) is 0 Å². The lowest BCUT2D eigenvalue weighted by Crippen LogP contribution is -1.96. The number of anilines is 1. The number of nitrogens with two attached hydrogens (primary N) is 1. The molecule has 0 bridgehead atoms. The summed E-state index contributed by atoms with van der Waals surface area (Å²) in [5.41, 5.74) is 5.57. The van der Waals surface area contributed by atoms with E-state index in [4.69, 9.17) is 10.8 Å². The van der Waals surface area contributed by atoms with E-state index >= 15 is 0 Å². The van der Waals surface area contributed by atoms with Crippen molar-refractivity contribution in [1.29, 1.82) is 0 Å². The van der Waals surface area contributed by atoms with Crippen LogP contribution in [0.5, 0.6) is 0 Å². The van der Waals surface area contributed by atoms with Crippen LogP contribution in [0.25, 0.3) is 0 Å². The fraction of sp³-hybridized carbons (Fsp3) is 0.429. The van der Waals surface area contributed by atoms with E-state index in [9.17, 15) is 0 Å². The predicted molar refractivity (Wildman–Crippen MR) is 56.0 cm³/mol. The minimum atomic E-state index is 0.142. The lowest BCUT2D eigenvalue weighted by molar-refractivity contribution is 0.322. The van der Waals surface area contributed by atoms with Crippen LogP contribution in [0.3, 0.4) is 0 Å². The van der Waals surface area contributed by atoms with E-state index in [2.05, 4.69) is 9.97 Å². The summed E-state index contributed by atoms with van der Waals surface area (Å²) < 4.78 is 0. The molecule has 0 spiro atoms. The Hall–Kier alpha value is -0.460. The van der Waals surface area contributed by atoms with Crippen molar-refractivity contribution in [2.45, 2.75) is 10.2 Å². The molecule has 0 saturated heterocycles. The second-order valence-electron chi connectivity index (χ2n) is 2.19. The zero-order valence-electron chi connectivity index (χ0n) is 7.23. The maximum atomic E-state index is 8.62. The van der Waals surface area contributed by atoms with Crippen molar-refractivity contribution in [1.82, 2.24) is 9.97 Å². The van der Waals surface area contributed by atoms with Gasteiger partial charge >= 0.3 is 0 Å². The normalized spacial score (nSPS) is 10.3. The molecule has 6 heteroatoms. The van der Waals surface area contributed by atoms with E-state index in [-0.39, 0.29) is 6.61 Å².